The van der Waals surface area contributed by atoms with Crippen LogP contribution in [0.3, 0.4) is 0 Å². The van der Waals surface area contributed by atoms with E-state index in [-0.39, 0.29) is 5.78 Å². The Morgan fingerprint density at radius 1 is 1.11 bits per heavy atom. The van der Waals surface area contributed by atoms with Crippen molar-refractivity contribution in [2.24, 2.45) is 0 Å². The summed E-state index contributed by atoms with van der Waals surface area (Å²) in [4.78, 5) is 15.3. The topological polar surface area (TPSA) is 38.8 Å². The van der Waals surface area contributed by atoms with Crippen LogP contribution >= 0.6 is 0 Å². The Bertz CT molecular complexity index is 926. The molecule has 0 atom stereocenters. The normalized spacial score (nSPS) is 21.1. The van der Waals surface area contributed by atoms with Gasteiger partial charge in [-0.15, -0.1) is 0 Å². The van der Waals surface area contributed by atoms with Crippen molar-refractivity contribution in [1.82, 2.24) is 4.90 Å². The van der Waals surface area contributed by atoms with Gasteiger partial charge in [-0.1, -0.05) is 43.2 Å². The largest absolute Gasteiger partial charge is 0.477 e. The van der Waals surface area contributed by atoms with Gasteiger partial charge in [0, 0.05) is 23.7 Å². The number of hydrogen-bond acceptors (Lipinski definition) is 4. The lowest BCUT2D eigenvalue weighted by molar-refractivity contribution is 0.0570. The second-order valence-corrected chi connectivity index (χ2v) is 7.68. The standard InChI is InChI=1S/C23H23NO3/c1-15-22-17(13-24(14-26-22)18-9-5-6-10-18)12-19-21(25)20(27-23(15)19)11-16-7-3-2-4-8-16/h2-4,7-8,11-12,18H,5-6,9-10,13-14H2,1H3/b20-11-. The molecule has 4 heteroatoms. The first-order valence-electron chi connectivity index (χ1n) is 9.73. The Labute approximate surface area is 159 Å². The zero-order chi connectivity index (χ0) is 18.4. The summed E-state index contributed by atoms with van der Waals surface area (Å²) in [5.41, 5.74) is 3.64. The van der Waals surface area contributed by atoms with E-state index in [0.717, 1.165) is 29.0 Å². The molecular weight excluding hydrogens is 338 g/mol. The van der Waals surface area contributed by atoms with E-state index in [4.69, 9.17) is 9.47 Å². The molecule has 2 aliphatic heterocycles. The van der Waals surface area contributed by atoms with Crippen LogP contribution in [-0.2, 0) is 6.54 Å². The highest BCUT2D eigenvalue weighted by Crippen LogP contribution is 2.43. The molecule has 0 bridgehead atoms. The van der Waals surface area contributed by atoms with Gasteiger partial charge in [0.05, 0.1) is 5.56 Å². The lowest BCUT2D eigenvalue weighted by Crippen LogP contribution is -2.39. The summed E-state index contributed by atoms with van der Waals surface area (Å²) in [6.45, 7) is 3.46. The fourth-order valence-electron chi connectivity index (χ4n) is 4.47. The molecular formula is C23H23NO3. The zero-order valence-corrected chi connectivity index (χ0v) is 15.5. The third kappa shape index (κ3) is 2.85. The van der Waals surface area contributed by atoms with Gasteiger partial charge < -0.3 is 9.47 Å². The molecule has 0 unspecified atom stereocenters. The van der Waals surface area contributed by atoms with Crippen LogP contribution in [-0.4, -0.2) is 23.5 Å². The summed E-state index contributed by atoms with van der Waals surface area (Å²) in [5, 5.41) is 0. The summed E-state index contributed by atoms with van der Waals surface area (Å²) < 4.78 is 12.1. The van der Waals surface area contributed by atoms with Crippen molar-refractivity contribution in [3.63, 3.8) is 0 Å². The summed E-state index contributed by atoms with van der Waals surface area (Å²) in [7, 11) is 0. The average molecular weight is 361 g/mol. The van der Waals surface area contributed by atoms with E-state index in [1.54, 1.807) is 0 Å². The molecule has 0 amide bonds. The van der Waals surface area contributed by atoms with Gasteiger partial charge in [0.25, 0.3) is 0 Å². The summed E-state index contributed by atoms with van der Waals surface area (Å²) in [6.07, 6.45) is 6.91. The molecule has 3 aliphatic rings. The third-order valence-corrected chi connectivity index (χ3v) is 5.90. The third-order valence-electron chi connectivity index (χ3n) is 5.90. The minimum atomic E-state index is -0.0438. The number of allylic oxidation sites excluding steroid dienone is 1. The molecule has 0 N–H and O–H groups in total. The van der Waals surface area contributed by atoms with E-state index >= 15 is 0 Å². The molecule has 0 saturated heterocycles. The maximum atomic E-state index is 12.9. The maximum Gasteiger partial charge on any atom is 0.231 e. The Morgan fingerprint density at radius 2 is 1.89 bits per heavy atom. The molecule has 2 heterocycles. The predicted octanol–water partition coefficient (Wildman–Crippen LogP) is 4.71. The van der Waals surface area contributed by atoms with Crippen molar-refractivity contribution in [2.45, 2.75) is 45.2 Å². The molecule has 138 valence electrons. The van der Waals surface area contributed by atoms with E-state index < -0.39 is 0 Å². The molecule has 4 nitrogen and oxygen atoms in total. The number of benzene rings is 2. The fourth-order valence-corrected chi connectivity index (χ4v) is 4.47. The van der Waals surface area contributed by atoms with Crippen molar-refractivity contribution in [2.75, 3.05) is 6.73 Å². The molecule has 1 saturated carbocycles. The second kappa shape index (κ2) is 6.54. The van der Waals surface area contributed by atoms with Gasteiger partial charge in [0.15, 0.2) is 5.76 Å². The highest BCUT2D eigenvalue weighted by molar-refractivity contribution is 6.15. The van der Waals surface area contributed by atoms with Gasteiger partial charge >= 0.3 is 0 Å². The van der Waals surface area contributed by atoms with Crippen LogP contribution < -0.4 is 9.47 Å². The predicted molar refractivity (Wildman–Crippen MR) is 104 cm³/mol. The number of nitrogens with zero attached hydrogens (tertiary/aromatic N) is 1. The first-order valence-corrected chi connectivity index (χ1v) is 9.73. The fraction of sp³-hybridized carbons (Fsp3) is 0.348. The Balaban J connectivity index is 1.48. The molecule has 5 rings (SSSR count). The maximum absolute atomic E-state index is 12.9. The highest BCUT2D eigenvalue weighted by atomic mass is 16.5. The summed E-state index contributed by atoms with van der Waals surface area (Å²) in [5.74, 6) is 1.87. The average Bonchev–Trinajstić information content (AvgIpc) is 3.33. The van der Waals surface area contributed by atoms with Crippen LogP contribution in [0.15, 0.2) is 42.2 Å². The molecule has 27 heavy (non-hydrogen) atoms. The zero-order valence-electron chi connectivity index (χ0n) is 15.5. The van der Waals surface area contributed by atoms with Gasteiger partial charge in [-0.3, -0.25) is 9.69 Å². The smallest absolute Gasteiger partial charge is 0.231 e. The van der Waals surface area contributed by atoms with Crippen LogP contribution in [0.5, 0.6) is 11.5 Å². The number of rotatable bonds is 2. The van der Waals surface area contributed by atoms with Gasteiger partial charge in [-0.25, -0.2) is 0 Å². The lowest BCUT2D eigenvalue weighted by Gasteiger charge is -2.34. The molecule has 0 radical (unpaired) electrons. The Hall–Kier alpha value is -2.59. The van der Waals surface area contributed by atoms with Gasteiger partial charge in [-0.05, 0) is 37.5 Å². The SMILES string of the molecule is Cc1c2c(cc3c1O/C(=C\c1ccccc1)C3=O)CN(C1CCCC1)CO2. The van der Waals surface area contributed by atoms with Crippen molar-refractivity contribution in [3.05, 3.63) is 64.4 Å². The van der Waals surface area contributed by atoms with Crippen LogP contribution in [0.2, 0.25) is 0 Å². The van der Waals surface area contributed by atoms with E-state index in [2.05, 4.69) is 4.90 Å². The van der Waals surface area contributed by atoms with Crippen molar-refractivity contribution in [1.29, 1.82) is 0 Å². The van der Waals surface area contributed by atoms with E-state index in [1.807, 2.05) is 49.4 Å². The number of carbonyl (C=O) groups excluding carboxylic acids is 1. The number of Topliss-reactive ketones (excluding diaryl/α,β-unsaturated/α-hetero) is 1. The monoisotopic (exact) mass is 361 g/mol. The van der Waals surface area contributed by atoms with Crippen LogP contribution in [0.1, 0.15) is 52.7 Å². The van der Waals surface area contributed by atoms with Crippen molar-refractivity contribution >= 4 is 11.9 Å². The minimum Gasteiger partial charge on any atom is -0.477 e. The summed E-state index contributed by atoms with van der Waals surface area (Å²) in [6, 6.07) is 12.4. The van der Waals surface area contributed by atoms with Crippen LogP contribution in [0.4, 0.5) is 0 Å². The first-order chi connectivity index (χ1) is 13.2. The van der Waals surface area contributed by atoms with Crippen molar-refractivity contribution < 1.29 is 14.3 Å². The molecule has 0 aromatic heterocycles. The molecule has 1 aliphatic carbocycles. The Kier molecular flexibility index (Phi) is 4.01. The van der Waals surface area contributed by atoms with Gasteiger partial charge in [0.1, 0.15) is 18.2 Å². The lowest BCUT2D eigenvalue weighted by atomic mass is 9.99. The van der Waals surface area contributed by atoms with Crippen molar-refractivity contribution in [3.8, 4) is 11.5 Å². The number of carbonyl (C=O) groups is 1. The minimum absolute atomic E-state index is 0.0438. The van der Waals surface area contributed by atoms with E-state index in [0.29, 0.717) is 29.8 Å². The van der Waals surface area contributed by atoms with Gasteiger partial charge in [0.2, 0.25) is 5.78 Å². The summed E-state index contributed by atoms with van der Waals surface area (Å²) >= 11 is 0. The molecule has 2 aromatic carbocycles. The molecule has 0 spiro atoms. The number of fused-ring (bicyclic) bond motifs is 2. The van der Waals surface area contributed by atoms with E-state index in [1.165, 1.54) is 25.7 Å². The second-order valence-electron chi connectivity index (χ2n) is 7.68. The Morgan fingerprint density at radius 3 is 2.67 bits per heavy atom. The van der Waals surface area contributed by atoms with Gasteiger partial charge in [-0.2, -0.15) is 0 Å². The molecule has 2 aromatic rings. The molecule has 1 fully saturated rings. The van der Waals surface area contributed by atoms with Crippen LogP contribution in [0, 0.1) is 6.92 Å². The first kappa shape index (κ1) is 16.6. The number of ether oxygens (including phenoxy) is 2. The van der Waals surface area contributed by atoms with Crippen LogP contribution in [0.25, 0.3) is 6.08 Å². The van der Waals surface area contributed by atoms with E-state index in [9.17, 15) is 4.79 Å². The number of hydrogen-bond donors (Lipinski definition) is 0. The highest BCUT2D eigenvalue weighted by Gasteiger charge is 2.35. The number of ketones is 1. The quantitative estimate of drug-likeness (QED) is 0.727.